The summed E-state index contributed by atoms with van der Waals surface area (Å²) in [6.45, 7) is 0. The molecule has 1 amide bonds. The molecule has 1 unspecified atom stereocenters. The minimum Gasteiger partial charge on any atom is -0.507 e. The summed E-state index contributed by atoms with van der Waals surface area (Å²) < 4.78 is 13.4. The molecule has 0 saturated carbocycles. The Labute approximate surface area is 171 Å². The van der Waals surface area contributed by atoms with E-state index in [4.69, 9.17) is 11.6 Å². The second-order valence-corrected chi connectivity index (χ2v) is 7.00. The smallest absolute Gasteiger partial charge is 0.300 e. The molecule has 4 rings (SSSR count). The number of carbonyl (C=O) groups is 2. The lowest BCUT2D eigenvalue weighted by molar-refractivity contribution is -0.132. The van der Waals surface area contributed by atoms with Crippen molar-refractivity contribution in [3.8, 4) is 0 Å². The number of amides is 1. The molecule has 1 aliphatic rings. The Morgan fingerprint density at radius 2 is 1.52 bits per heavy atom. The van der Waals surface area contributed by atoms with Crippen molar-refractivity contribution in [1.29, 1.82) is 0 Å². The zero-order valence-corrected chi connectivity index (χ0v) is 15.8. The number of hydrogen-bond donors (Lipinski definition) is 1. The van der Waals surface area contributed by atoms with Gasteiger partial charge in [0.15, 0.2) is 0 Å². The molecule has 4 nitrogen and oxygen atoms in total. The second-order valence-electron chi connectivity index (χ2n) is 6.56. The molecule has 0 spiro atoms. The van der Waals surface area contributed by atoms with Gasteiger partial charge < -0.3 is 5.11 Å². The van der Waals surface area contributed by atoms with E-state index in [2.05, 4.69) is 0 Å². The van der Waals surface area contributed by atoms with Gasteiger partial charge in [-0.1, -0.05) is 54.1 Å². The number of rotatable bonds is 3. The van der Waals surface area contributed by atoms with E-state index in [0.29, 0.717) is 21.8 Å². The fourth-order valence-electron chi connectivity index (χ4n) is 3.41. The van der Waals surface area contributed by atoms with Gasteiger partial charge in [0.05, 0.1) is 11.6 Å². The molecule has 3 aromatic rings. The van der Waals surface area contributed by atoms with Crippen LogP contribution in [0.1, 0.15) is 17.2 Å². The maximum atomic E-state index is 13.4. The SMILES string of the molecule is O=C1C(=O)N(c2ccc(F)cc2)C(c2ccc(Cl)cc2)C1=C(O)c1ccccc1. The van der Waals surface area contributed by atoms with Crippen molar-refractivity contribution in [3.05, 3.63) is 106 Å². The molecule has 1 heterocycles. The Bertz CT molecular complexity index is 1110. The van der Waals surface area contributed by atoms with E-state index in [-0.39, 0.29) is 11.3 Å². The zero-order chi connectivity index (χ0) is 20.5. The maximum Gasteiger partial charge on any atom is 0.300 e. The second kappa shape index (κ2) is 7.53. The van der Waals surface area contributed by atoms with Crippen LogP contribution in [0.25, 0.3) is 5.76 Å². The third-order valence-electron chi connectivity index (χ3n) is 4.78. The predicted octanol–water partition coefficient (Wildman–Crippen LogP) is 5.11. The summed E-state index contributed by atoms with van der Waals surface area (Å²) in [5.41, 5.74) is 1.33. The van der Waals surface area contributed by atoms with Crippen LogP contribution in [0, 0.1) is 5.82 Å². The normalized spacial score (nSPS) is 18.3. The first-order valence-electron chi connectivity index (χ1n) is 8.85. The first-order chi connectivity index (χ1) is 14.0. The molecule has 6 heteroatoms. The molecule has 1 N–H and O–H groups in total. The summed E-state index contributed by atoms with van der Waals surface area (Å²) in [6.07, 6.45) is 0. The van der Waals surface area contributed by atoms with Crippen molar-refractivity contribution in [2.75, 3.05) is 4.90 Å². The highest BCUT2D eigenvalue weighted by Gasteiger charge is 2.46. The lowest BCUT2D eigenvalue weighted by Crippen LogP contribution is -2.29. The largest absolute Gasteiger partial charge is 0.507 e. The van der Waals surface area contributed by atoms with E-state index in [0.717, 1.165) is 0 Å². The lowest BCUT2D eigenvalue weighted by atomic mass is 9.95. The highest BCUT2D eigenvalue weighted by Crippen LogP contribution is 2.42. The van der Waals surface area contributed by atoms with E-state index in [1.165, 1.54) is 29.2 Å². The Kier molecular flexibility index (Phi) is 4.91. The number of aliphatic hydroxyl groups is 1. The fourth-order valence-corrected chi connectivity index (χ4v) is 3.54. The molecule has 1 atom stereocenters. The summed E-state index contributed by atoms with van der Waals surface area (Å²) in [6, 6.07) is 19.6. The van der Waals surface area contributed by atoms with Gasteiger partial charge in [-0.3, -0.25) is 14.5 Å². The monoisotopic (exact) mass is 407 g/mol. The Balaban J connectivity index is 1.94. The average molecular weight is 408 g/mol. The van der Waals surface area contributed by atoms with E-state index in [9.17, 15) is 19.1 Å². The van der Waals surface area contributed by atoms with Crippen LogP contribution in [-0.2, 0) is 9.59 Å². The zero-order valence-electron chi connectivity index (χ0n) is 15.0. The standard InChI is InChI=1S/C23H15ClFNO3/c24-16-8-6-14(7-9-16)20-19(21(27)15-4-2-1-3-5-15)22(28)23(29)26(20)18-12-10-17(25)11-13-18/h1-13,20,27H. The van der Waals surface area contributed by atoms with Gasteiger partial charge in [-0.2, -0.15) is 0 Å². The van der Waals surface area contributed by atoms with Crippen molar-refractivity contribution in [3.63, 3.8) is 0 Å². The van der Waals surface area contributed by atoms with Crippen LogP contribution in [-0.4, -0.2) is 16.8 Å². The van der Waals surface area contributed by atoms with Gasteiger partial charge in [-0.15, -0.1) is 0 Å². The number of Topliss-reactive ketones (excluding diaryl/α,β-unsaturated/α-hetero) is 1. The van der Waals surface area contributed by atoms with Crippen LogP contribution in [0.2, 0.25) is 5.02 Å². The number of carbonyl (C=O) groups excluding carboxylic acids is 2. The van der Waals surface area contributed by atoms with Gasteiger partial charge in [0.25, 0.3) is 11.7 Å². The van der Waals surface area contributed by atoms with Crippen LogP contribution in [0.5, 0.6) is 0 Å². The number of nitrogens with zero attached hydrogens (tertiary/aromatic N) is 1. The molecule has 1 fully saturated rings. The Morgan fingerprint density at radius 1 is 0.897 bits per heavy atom. The molecule has 144 valence electrons. The number of anilines is 1. The molecular formula is C23H15ClFNO3. The van der Waals surface area contributed by atoms with Gasteiger partial charge >= 0.3 is 0 Å². The third-order valence-corrected chi connectivity index (χ3v) is 5.03. The molecule has 0 bridgehead atoms. The Morgan fingerprint density at radius 3 is 2.14 bits per heavy atom. The van der Waals surface area contributed by atoms with Crippen molar-refractivity contribution < 1.29 is 19.1 Å². The van der Waals surface area contributed by atoms with Crippen LogP contribution in [0.15, 0.2) is 84.4 Å². The van der Waals surface area contributed by atoms with Gasteiger partial charge in [0.2, 0.25) is 0 Å². The number of ketones is 1. The molecule has 3 aromatic carbocycles. The maximum absolute atomic E-state index is 13.4. The quantitative estimate of drug-likeness (QED) is 0.373. The van der Waals surface area contributed by atoms with Gasteiger partial charge in [0.1, 0.15) is 11.6 Å². The summed E-state index contributed by atoms with van der Waals surface area (Å²) >= 11 is 5.99. The molecular weight excluding hydrogens is 393 g/mol. The van der Waals surface area contributed by atoms with E-state index in [1.807, 2.05) is 0 Å². The number of benzene rings is 3. The number of aliphatic hydroxyl groups excluding tert-OH is 1. The molecule has 1 saturated heterocycles. The van der Waals surface area contributed by atoms with Gasteiger partial charge in [0, 0.05) is 16.3 Å². The van der Waals surface area contributed by atoms with Crippen molar-refractivity contribution in [2.45, 2.75) is 6.04 Å². The van der Waals surface area contributed by atoms with E-state index < -0.39 is 23.5 Å². The van der Waals surface area contributed by atoms with Crippen LogP contribution in [0.4, 0.5) is 10.1 Å². The summed E-state index contributed by atoms with van der Waals surface area (Å²) in [4.78, 5) is 27.1. The van der Waals surface area contributed by atoms with Gasteiger partial charge in [-0.05, 0) is 42.0 Å². The fraction of sp³-hybridized carbons (Fsp3) is 0.0435. The summed E-state index contributed by atoms with van der Waals surface area (Å²) in [5.74, 6) is -2.34. The van der Waals surface area contributed by atoms with E-state index in [1.54, 1.807) is 54.6 Å². The van der Waals surface area contributed by atoms with Crippen molar-refractivity contribution >= 4 is 34.7 Å². The first kappa shape index (κ1) is 18.9. The predicted molar refractivity (Wildman–Crippen MR) is 109 cm³/mol. The molecule has 29 heavy (non-hydrogen) atoms. The van der Waals surface area contributed by atoms with Crippen molar-refractivity contribution in [1.82, 2.24) is 0 Å². The highest BCUT2D eigenvalue weighted by molar-refractivity contribution is 6.51. The van der Waals surface area contributed by atoms with Crippen LogP contribution < -0.4 is 4.90 Å². The number of hydrogen-bond acceptors (Lipinski definition) is 3. The topological polar surface area (TPSA) is 57.6 Å². The molecule has 1 aliphatic heterocycles. The van der Waals surface area contributed by atoms with E-state index >= 15 is 0 Å². The minimum atomic E-state index is -0.877. The lowest BCUT2D eigenvalue weighted by Gasteiger charge is -2.25. The molecule has 0 aliphatic carbocycles. The highest BCUT2D eigenvalue weighted by atomic mass is 35.5. The average Bonchev–Trinajstić information content (AvgIpc) is 3.00. The van der Waals surface area contributed by atoms with Crippen LogP contribution in [0.3, 0.4) is 0 Å². The minimum absolute atomic E-state index is 0.0344. The van der Waals surface area contributed by atoms with Crippen molar-refractivity contribution in [2.24, 2.45) is 0 Å². The Hall–Kier alpha value is -3.44. The van der Waals surface area contributed by atoms with Gasteiger partial charge in [-0.25, -0.2) is 4.39 Å². The summed E-state index contributed by atoms with van der Waals surface area (Å²) in [5, 5.41) is 11.4. The third kappa shape index (κ3) is 3.41. The summed E-state index contributed by atoms with van der Waals surface area (Å²) in [7, 11) is 0. The number of halogens is 2. The molecule has 0 radical (unpaired) electrons. The van der Waals surface area contributed by atoms with Crippen LogP contribution >= 0.6 is 11.6 Å². The molecule has 0 aromatic heterocycles. The first-order valence-corrected chi connectivity index (χ1v) is 9.22.